The van der Waals surface area contributed by atoms with Gasteiger partial charge >= 0.3 is 0 Å². The first-order valence-electron chi connectivity index (χ1n) is 5.53. The fraction of sp³-hybridized carbons (Fsp3) is 0.167. The molecule has 102 valence electrons. The molecule has 2 rings (SSSR count). The molecule has 7 heteroatoms. The standard InChI is InChI=1S/C12H13FN2O2S2/c13-10-3-1-2-9(4-10)7-15-19(16,17)12-5-11(6-14)18-8-12/h1-5,8,15H,6-7,14H2. The molecule has 0 radical (unpaired) electrons. The predicted molar refractivity (Wildman–Crippen MR) is 72.6 cm³/mol. The van der Waals surface area contributed by atoms with Crippen LogP contribution in [0.2, 0.25) is 0 Å². The third-order valence-corrected chi connectivity index (χ3v) is 4.99. The summed E-state index contributed by atoms with van der Waals surface area (Å²) in [6.07, 6.45) is 0. The quantitative estimate of drug-likeness (QED) is 0.885. The Balaban J connectivity index is 2.09. The van der Waals surface area contributed by atoms with Crippen molar-refractivity contribution in [3.63, 3.8) is 0 Å². The van der Waals surface area contributed by atoms with Crippen LogP contribution in [0.4, 0.5) is 4.39 Å². The van der Waals surface area contributed by atoms with Crippen molar-refractivity contribution in [1.29, 1.82) is 0 Å². The number of hydrogen-bond acceptors (Lipinski definition) is 4. The second kappa shape index (κ2) is 5.79. The van der Waals surface area contributed by atoms with Gasteiger partial charge in [0.2, 0.25) is 10.0 Å². The lowest BCUT2D eigenvalue weighted by Gasteiger charge is -2.05. The molecule has 0 fully saturated rings. The van der Waals surface area contributed by atoms with E-state index in [0.29, 0.717) is 12.1 Å². The molecule has 0 aliphatic heterocycles. The smallest absolute Gasteiger partial charge is 0.241 e. The molecule has 0 aliphatic rings. The number of thiophene rings is 1. The molecule has 1 aromatic carbocycles. The van der Waals surface area contributed by atoms with E-state index >= 15 is 0 Å². The van der Waals surface area contributed by atoms with E-state index in [1.807, 2.05) is 0 Å². The van der Waals surface area contributed by atoms with Crippen molar-refractivity contribution in [2.75, 3.05) is 0 Å². The highest BCUT2D eigenvalue weighted by Gasteiger charge is 2.15. The van der Waals surface area contributed by atoms with Gasteiger partial charge in [-0.05, 0) is 23.8 Å². The van der Waals surface area contributed by atoms with Gasteiger partial charge in [-0.25, -0.2) is 17.5 Å². The second-order valence-electron chi connectivity index (χ2n) is 3.91. The summed E-state index contributed by atoms with van der Waals surface area (Å²) in [7, 11) is -3.58. The SMILES string of the molecule is NCc1cc(S(=O)(=O)NCc2cccc(F)c2)cs1. The number of rotatable bonds is 5. The Labute approximate surface area is 115 Å². The maximum absolute atomic E-state index is 13.0. The van der Waals surface area contributed by atoms with E-state index in [1.165, 1.54) is 34.9 Å². The Bertz CT molecular complexity index is 668. The molecule has 0 atom stereocenters. The highest BCUT2D eigenvalue weighted by Crippen LogP contribution is 2.18. The molecule has 3 N–H and O–H groups in total. The first-order chi connectivity index (χ1) is 9.01. The summed E-state index contributed by atoms with van der Waals surface area (Å²) in [4.78, 5) is 0.987. The van der Waals surface area contributed by atoms with Gasteiger partial charge in [-0.2, -0.15) is 0 Å². The Kier molecular flexibility index (Phi) is 4.31. The second-order valence-corrected chi connectivity index (χ2v) is 6.67. The average Bonchev–Trinajstić information content (AvgIpc) is 2.86. The molecule has 1 heterocycles. The van der Waals surface area contributed by atoms with Gasteiger partial charge in [0.25, 0.3) is 0 Å². The van der Waals surface area contributed by atoms with E-state index in [0.717, 1.165) is 4.88 Å². The van der Waals surface area contributed by atoms with Crippen LogP contribution < -0.4 is 10.5 Å². The van der Waals surface area contributed by atoms with Crippen LogP contribution in [0.1, 0.15) is 10.4 Å². The van der Waals surface area contributed by atoms with E-state index < -0.39 is 15.8 Å². The van der Waals surface area contributed by atoms with Crippen molar-refractivity contribution < 1.29 is 12.8 Å². The topological polar surface area (TPSA) is 72.2 Å². The van der Waals surface area contributed by atoms with Gasteiger partial charge in [0.15, 0.2) is 0 Å². The first-order valence-corrected chi connectivity index (χ1v) is 7.89. The summed E-state index contributed by atoms with van der Waals surface area (Å²) in [5.74, 6) is -0.391. The molecule has 1 aromatic heterocycles. The molecule has 0 spiro atoms. The van der Waals surface area contributed by atoms with Crippen molar-refractivity contribution in [2.24, 2.45) is 5.73 Å². The number of hydrogen-bond donors (Lipinski definition) is 2. The monoisotopic (exact) mass is 300 g/mol. The minimum atomic E-state index is -3.58. The Morgan fingerprint density at radius 1 is 1.32 bits per heavy atom. The zero-order valence-electron chi connectivity index (χ0n) is 9.97. The number of nitrogens with two attached hydrogens (primary N) is 1. The molecule has 0 aliphatic carbocycles. The minimum absolute atomic E-state index is 0.0495. The van der Waals surface area contributed by atoms with Crippen LogP contribution >= 0.6 is 11.3 Å². The van der Waals surface area contributed by atoms with Gasteiger partial charge in [0.05, 0.1) is 4.90 Å². The van der Waals surface area contributed by atoms with E-state index in [1.54, 1.807) is 12.1 Å². The van der Waals surface area contributed by atoms with Crippen LogP contribution in [0.25, 0.3) is 0 Å². The molecule has 0 saturated carbocycles. The number of nitrogens with one attached hydrogen (secondary N) is 1. The third kappa shape index (κ3) is 3.60. The zero-order valence-corrected chi connectivity index (χ0v) is 11.6. The number of sulfonamides is 1. The van der Waals surface area contributed by atoms with Crippen molar-refractivity contribution in [2.45, 2.75) is 18.0 Å². The molecule has 4 nitrogen and oxygen atoms in total. The van der Waals surface area contributed by atoms with Gasteiger partial charge in [0.1, 0.15) is 5.82 Å². The van der Waals surface area contributed by atoms with Gasteiger partial charge in [-0.15, -0.1) is 11.3 Å². The molecule has 0 unspecified atom stereocenters. The first kappa shape index (κ1) is 14.1. The summed E-state index contributed by atoms with van der Waals surface area (Å²) in [6, 6.07) is 7.34. The van der Waals surface area contributed by atoms with Gasteiger partial charge in [0, 0.05) is 23.3 Å². The Hall–Kier alpha value is -1.28. The molecule has 2 aromatic rings. The molecular formula is C12H13FN2O2S2. The van der Waals surface area contributed by atoms with Gasteiger partial charge < -0.3 is 5.73 Å². The summed E-state index contributed by atoms with van der Waals surface area (Å²) >= 11 is 1.30. The predicted octanol–water partition coefficient (Wildman–Crippen LogP) is 1.82. The van der Waals surface area contributed by atoms with E-state index in [4.69, 9.17) is 5.73 Å². The molecule has 0 saturated heterocycles. The van der Waals surface area contributed by atoms with Crippen LogP contribution in [0.5, 0.6) is 0 Å². The molecule has 0 amide bonds. The zero-order chi connectivity index (χ0) is 13.9. The van der Waals surface area contributed by atoms with Gasteiger partial charge in [-0.3, -0.25) is 0 Å². The van der Waals surface area contributed by atoms with Crippen LogP contribution in [0.3, 0.4) is 0 Å². The lowest BCUT2D eigenvalue weighted by molar-refractivity contribution is 0.580. The molecule has 0 bridgehead atoms. The minimum Gasteiger partial charge on any atom is -0.326 e. The molecular weight excluding hydrogens is 287 g/mol. The lowest BCUT2D eigenvalue weighted by atomic mass is 10.2. The average molecular weight is 300 g/mol. The number of benzene rings is 1. The molecule has 19 heavy (non-hydrogen) atoms. The van der Waals surface area contributed by atoms with E-state index in [-0.39, 0.29) is 11.4 Å². The van der Waals surface area contributed by atoms with Crippen LogP contribution in [-0.4, -0.2) is 8.42 Å². The third-order valence-electron chi connectivity index (χ3n) is 2.50. The fourth-order valence-electron chi connectivity index (χ4n) is 1.52. The van der Waals surface area contributed by atoms with Crippen molar-refractivity contribution in [1.82, 2.24) is 4.72 Å². The van der Waals surface area contributed by atoms with Crippen LogP contribution in [0, 0.1) is 5.82 Å². The maximum Gasteiger partial charge on any atom is 0.241 e. The lowest BCUT2D eigenvalue weighted by Crippen LogP contribution is -2.22. The van der Waals surface area contributed by atoms with Crippen molar-refractivity contribution in [3.05, 3.63) is 52.0 Å². The van der Waals surface area contributed by atoms with E-state index in [9.17, 15) is 12.8 Å². The van der Waals surface area contributed by atoms with E-state index in [2.05, 4.69) is 4.72 Å². The number of halogens is 1. The normalized spacial score (nSPS) is 11.7. The Morgan fingerprint density at radius 3 is 2.74 bits per heavy atom. The summed E-state index contributed by atoms with van der Waals surface area (Å²) < 4.78 is 39.4. The maximum atomic E-state index is 13.0. The highest BCUT2D eigenvalue weighted by atomic mass is 32.2. The van der Waals surface area contributed by atoms with Crippen molar-refractivity contribution in [3.8, 4) is 0 Å². The van der Waals surface area contributed by atoms with Crippen LogP contribution in [0.15, 0.2) is 40.6 Å². The highest BCUT2D eigenvalue weighted by molar-refractivity contribution is 7.89. The summed E-state index contributed by atoms with van der Waals surface area (Å²) in [5, 5.41) is 1.54. The van der Waals surface area contributed by atoms with Crippen molar-refractivity contribution >= 4 is 21.4 Å². The Morgan fingerprint density at radius 2 is 2.11 bits per heavy atom. The largest absolute Gasteiger partial charge is 0.326 e. The van der Waals surface area contributed by atoms with Gasteiger partial charge in [-0.1, -0.05) is 12.1 Å². The fourth-order valence-corrected chi connectivity index (χ4v) is 3.69. The van der Waals surface area contributed by atoms with Crippen LogP contribution in [-0.2, 0) is 23.1 Å². The summed E-state index contributed by atoms with van der Waals surface area (Å²) in [5.41, 5.74) is 6.01. The summed E-state index contributed by atoms with van der Waals surface area (Å²) in [6.45, 7) is 0.359.